The van der Waals surface area contributed by atoms with Crippen LogP contribution in [0.1, 0.15) is 4.88 Å². The number of amides is 1. The Balaban J connectivity index is 1.75. The molecule has 0 aliphatic rings. The number of ether oxygens (including phenoxy) is 1. The molecule has 2 rings (SSSR count). The van der Waals surface area contributed by atoms with Crippen LogP contribution in [0.25, 0.3) is 0 Å². The molecule has 20 heavy (non-hydrogen) atoms. The second kappa shape index (κ2) is 6.76. The highest BCUT2D eigenvalue weighted by molar-refractivity contribution is 7.12. The van der Waals surface area contributed by atoms with Crippen LogP contribution in [-0.2, 0) is 4.79 Å². The molecule has 1 aromatic heterocycles. The van der Waals surface area contributed by atoms with Crippen molar-refractivity contribution in [3.8, 4) is 5.75 Å². The molecule has 1 N–H and O–H groups in total. The molecule has 0 bridgehead atoms. The van der Waals surface area contributed by atoms with Crippen LogP contribution >= 0.6 is 11.3 Å². The third-order valence-electron chi connectivity index (χ3n) is 2.16. The molecule has 1 heterocycles. The molecule has 0 saturated heterocycles. The number of rotatable bonds is 5. The van der Waals surface area contributed by atoms with E-state index in [0.29, 0.717) is 10.6 Å². The molecule has 0 radical (unpaired) electrons. The fourth-order valence-corrected chi connectivity index (χ4v) is 1.88. The normalized spacial score (nSPS) is 10.7. The standard InChI is InChI=1S/C13H10F2N2O2S/c14-9-1-3-10(4-2-9)19-8-13(18)17-16-7-11-5-6-12(15)20-11/h1-7H,8H2,(H,17,18). The Morgan fingerprint density at radius 1 is 1.25 bits per heavy atom. The summed E-state index contributed by atoms with van der Waals surface area (Å²) in [6, 6.07) is 8.16. The molecule has 1 amide bonds. The van der Waals surface area contributed by atoms with Gasteiger partial charge in [0.25, 0.3) is 5.91 Å². The zero-order chi connectivity index (χ0) is 14.4. The van der Waals surface area contributed by atoms with Gasteiger partial charge < -0.3 is 4.74 Å². The third-order valence-corrected chi connectivity index (χ3v) is 2.97. The van der Waals surface area contributed by atoms with Crippen molar-refractivity contribution in [1.29, 1.82) is 0 Å². The van der Waals surface area contributed by atoms with Gasteiger partial charge in [-0.15, -0.1) is 11.3 Å². The fourth-order valence-electron chi connectivity index (χ4n) is 1.28. The Morgan fingerprint density at radius 3 is 2.65 bits per heavy atom. The minimum absolute atomic E-state index is 0.248. The van der Waals surface area contributed by atoms with Gasteiger partial charge in [0.1, 0.15) is 11.6 Å². The van der Waals surface area contributed by atoms with E-state index in [1.54, 1.807) is 6.07 Å². The van der Waals surface area contributed by atoms with Gasteiger partial charge in [0.2, 0.25) is 0 Å². The molecule has 0 atom stereocenters. The van der Waals surface area contributed by atoms with E-state index in [1.165, 1.54) is 36.5 Å². The first kappa shape index (κ1) is 14.1. The molecule has 0 saturated carbocycles. The maximum absolute atomic E-state index is 12.7. The molecule has 7 heteroatoms. The average Bonchev–Trinajstić information content (AvgIpc) is 2.84. The minimum atomic E-state index is -0.470. The summed E-state index contributed by atoms with van der Waals surface area (Å²) >= 11 is 0.917. The molecule has 2 aromatic rings. The van der Waals surface area contributed by atoms with Crippen LogP contribution in [0.4, 0.5) is 8.78 Å². The zero-order valence-corrected chi connectivity index (χ0v) is 11.0. The van der Waals surface area contributed by atoms with E-state index < -0.39 is 5.91 Å². The second-order valence-corrected chi connectivity index (χ2v) is 4.74. The van der Waals surface area contributed by atoms with Gasteiger partial charge in [-0.1, -0.05) is 0 Å². The smallest absolute Gasteiger partial charge is 0.277 e. The number of carbonyl (C=O) groups excluding carboxylic acids is 1. The summed E-state index contributed by atoms with van der Waals surface area (Å²) in [6.45, 7) is -0.248. The molecule has 0 spiro atoms. The molecule has 104 valence electrons. The fraction of sp³-hybridized carbons (Fsp3) is 0.0769. The molecule has 0 aliphatic heterocycles. The zero-order valence-electron chi connectivity index (χ0n) is 10.2. The number of benzene rings is 1. The lowest BCUT2D eigenvalue weighted by Gasteiger charge is -2.04. The highest BCUT2D eigenvalue weighted by Gasteiger charge is 2.01. The Kier molecular flexibility index (Phi) is 4.78. The molecule has 0 aliphatic carbocycles. The average molecular weight is 296 g/mol. The predicted molar refractivity (Wildman–Crippen MR) is 71.9 cm³/mol. The summed E-state index contributed by atoms with van der Waals surface area (Å²) in [6.07, 6.45) is 1.34. The van der Waals surface area contributed by atoms with Crippen molar-refractivity contribution >= 4 is 23.5 Å². The number of nitrogens with zero attached hydrogens (tertiary/aromatic N) is 1. The first-order valence-corrected chi connectivity index (χ1v) is 6.41. The minimum Gasteiger partial charge on any atom is -0.484 e. The topological polar surface area (TPSA) is 50.7 Å². The SMILES string of the molecule is O=C(COc1ccc(F)cc1)NN=Cc1ccc(F)s1. The Labute approximate surface area is 117 Å². The number of thiophene rings is 1. The number of hydrazone groups is 1. The number of hydrogen-bond acceptors (Lipinski definition) is 4. The molecular formula is C13H10F2N2O2S. The molecule has 0 fully saturated rings. The summed E-state index contributed by atoms with van der Waals surface area (Å²) in [5.74, 6) is -0.469. The maximum atomic E-state index is 12.7. The van der Waals surface area contributed by atoms with Crippen molar-refractivity contribution in [2.75, 3.05) is 6.61 Å². The second-order valence-electron chi connectivity index (χ2n) is 3.68. The quantitative estimate of drug-likeness (QED) is 0.681. The van der Waals surface area contributed by atoms with E-state index >= 15 is 0 Å². The van der Waals surface area contributed by atoms with Gasteiger partial charge in [0.15, 0.2) is 11.7 Å². The molecule has 1 aromatic carbocycles. The summed E-state index contributed by atoms with van der Waals surface area (Å²) in [5, 5.41) is 3.34. The number of carbonyl (C=O) groups is 1. The van der Waals surface area contributed by atoms with Gasteiger partial charge in [0, 0.05) is 0 Å². The van der Waals surface area contributed by atoms with Gasteiger partial charge in [-0.2, -0.15) is 9.49 Å². The third kappa shape index (κ3) is 4.43. The molecule has 4 nitrogen and oxygen atoms in total. The van der Waals surface area contributed by atoms with Gasteiger partial charge >= 0.3 is 0 Å². The lowest BCUT2D eigenvalue weighted by atomic mass is 10.3. The number of hydrogen-bond donors (Lipinski definition) is 1. The van der Waals surface area contributed by atoms with Crippen molar-refractivity contribution in [3.05, 3.63) is 52.2 Å². The van der Waals surface area contributed by atoms with Gasteiger partial charge in [-0.25, -0.2) is 9.82 Å². The van der Waals surface area contributed by atoms with E-state index in [1.807, 2.05) is 0 Å². The van der Waals surface area contributed by atoms with Crippen molar-refractivity contribution in [2.24, 2.45) is 5.10 Å². The lowest BCUT2D eigenvalue weighted by molar-refractivity contribution is -0.123. The van der Waals surface area contributed by atoms with Crippen molar-refractivity contribution in [2.45, 2.75) is 0 Å². The Bertz CT molecular complexity index is 611. The van der Waals surface area contributed by atoms with Crippen LogP contribution in [0.5, 0.6) is 5.75 Å². The molecule has 0 unspecified atom stereocenters. The van der Waals surface area contributed by atoms with Gasteiger partial charge in [-0.3, -0.25) is 4.79 Å². The van der Waals surface area contributed by atoms with E-state index in [9.17, 15) is 13.6 Å². The Morgan fingerprint density at radius 2 is 2.00 bits per heavy atom. The van der Waals surface area contributed by atoms with Crippen molar-refractivity contribution < 1.29 is 18.3 Å². The monoisotopic (exact) mass is 296 g/mol. The van der Waals surface area contributed by atoms with Crippen LogP contribution in [-0.4, -0.2) is 18.7 Å². The summed E-state index contributed by atoms with van der Waals surface area (Å²) in [5.41, 5.74) is 2.24. The largest absolute Gasteiger partial charge is 0.484 e. The highest BCUT2D eigenvalue weighted by atomic mass is 32.1. The summed E-state index contributed by atoms with van der Waals surface area (Å²) < 4.78 is 30.4. The van der Waals surface area contributed by atoms with Crippen LogP contribution < -0.4 is 10.2 Å². The highest BCUT2D eigenvalue weighted by Crippen LogP contribution is 2.12. The maximum Gasteiger partial charge on any atom is 0.277 e. The van der Waals surface area contributed by atoms with Gasteiger partial charge in [0.05, 0.1) is 11.1 Å². The van der Waals surface area contributed by atoms with E-state index in [2.05, 4.69) is 10.5 Å². The Hall–Kier alpha value is -2.28. The van der Waals surface area contributed by atoms with E-state index in [4.69, 9.17) is 4.74 Å². The van der Waals surface area contributed by atoms with Crippen LogP contribution in [0, 0.1) is 10.9 Å². The van der Waals surface area contributed by atoms with E-state index in [-0.39, 0.29) is 17.6 Å². The summed E-state index contributed by atoms with van der Waals surface area (Å²) in [7, 11) is 0. The number of halogens is 2. The van der Waals surface area contributed by atoms with E-state index in [0.717, 1.165) is 11.3 Å². The van der Waals surface area contributed by atoms with Crippen LogP contribution in [0.3, 0.4) is 0 Å². The number of nitrogens with one attached hydrogen (secondary N) is 1. The summed E-state index contributed by atoms with van der Waals surface area (Å²) in [4.78, 5) is 12.0. The van der Waals surface area contributed by atoms with Crippen LogP contribution in [0.15, 0.2) is 41.5 Å². The molecular weight excluding hydrogens is 286 g/mol. The van der Waals surface area contributed by atoms with Gasteiger partial charge in [-0.05, 0) is 36.4 Å². The van der Waals surface area contributed by atoms with Crippen molar-refractivity contribution in [1.82, 2.24) is 5.43 Å². The lowest BCUT2D eigenvalue weighted by Crippen LogP contribution is -2.24. The first-order valence-electron chi connectivity index (χ1n) is 5.59. The van der Waals surface area contributed by atoms with Crippen molar-refractivity contribution in [3.63, 3.8) is 0 Å². The predicted octanol–water partition coefficient (Wildman–Crippen LogP) is 2.56. The van der Waals surface area contributed by atoms with Crippen LogP contribution in [0.2, 0.25) is 0 Å². The first-order chi connectivity index (χ1) is 9.63.